The predicted octanol–water partition coefficient (Wildman–Crippen LogP) is 2.05. The zero-order chi connectivity index (χ0) is 15.2. The zero-order valence-electron chi connectivity index (χ0n) is 11.0. The fraction of sp³-hybridized carbons (Fsp3) is 0.462. The van der Waals surface area contributed by atoms with E-state index in [1.807, 2.05) is 0 Å². The molecule has 1 aromatic carbocycles. The molecule has 112 valence electrons. The van der Waals surface area contributed by atoms with E-state index in [-0.39, 0.29) is 5.69 Å². The van der Waals surface area contributed by atoms with Crippen LogP contribution in [0.25, 0.3) is 0 Å². The molecule has 0 radical (unpaired) electrons. The summed E-state index contributed by atoms with van der Waals surface area (Å²) < 4.78 is 36.3. The van der Waals surface area contributed by atoms with Gasteiger partial charge in [-0.15, -0.1) is 0 Å². The average Bonchev–Trinajstić information content (AvgIpc) is 2.34. The van der Waals surface area contributed by atoms with Crippen LogP contribution in [-0.4, -0.2) is 29.8 Å². The minimum absolute atomic E-state index is 0.0992. The van der Waals surface area contributed by atoms with E-state index in [4.69, 9.17) is 5.11 Å². The number of rotatable bonds is 6. The van der Waals surface area contributed by atoms with Crippen LogP contribution in [0.5, 0.6) is 0 Å². The Labute approximate surface area is 115 Å². The number of aliphatic hydroxyl groups excluding tert-OH is 1. The number of alkyl halides is 3. The molecular weight excluding hydrogens is 273 g/mol. The van der Waals surface area contributed by atoms with Crippen LogP contribution in [0.1, 0.15) is 18.9 Å². The van der Waals surface area contributed by atoms with Crippen molar-refractivity contribution in [3.63, 3.8) is 0 Å². The molecule has 1 rings (SSSR count). The summed E-state index contributed by atoms with van der Waals surface area (Å²) in [5.41, 5.74) is 0.845. The lowest BCUT2D eigenvalue weighted by Crippen LogP contribution is -2.30. The zero-order valence-corrected chi connectivity index (χ0v) is 11.0. The molecule has 0 heterocycles. The molecule has 1 unspecified atom stereocenters. The van der Waals surface area contributed by atoms with Crippen molar-refractivity contribution in [1.82, 2.24) is 5.32 Å². The van der Waals surface area contributed by atoms with Crippen LogP contribution >= 0.6 is 0 Å². The molecule has 20 heavy (non-hydrogen) atoms. The van der Waals surface area contributed by atoms with Gasteiger partial charge in [0, 0.05) is 12.2 Å². The molecule has 0 aromatic heterocycles. The maximum Gasteiger partial charge on any atom is 0.471 e. The highest BCUT2D eigenvalue weighted by molar-refractivity contribution is 5.94. The minimum atomic E-state index is -4.90. The summed E-state index contributed by atoms with van der Waals surface area (Å²) in [7, 11) is 0. The molecular formula is C13H17F3N2O2. The minimum Gasteiger partial charge on any atom is -0.393 e. The average molecular weight is 290 g/mol. The molecule has 0 saturated carbocycles. The van der Waals surface area contributed by atoms with E-state index in [1.54, 1.807) is 24.4 Å². The second kappa shape index (κ2) is 7.25. The normalized spacial score (nSPS) is 13.1. The molecule has 3 N–H and O–H groups in total. The summed E-state index contributed by atoms with van der Waals surface area (Å²) in [6, 6.07) is 6.16. The predicted molar refractivity (Wildman–Crippen MR) is 69.1 cm³/mol. The standard InChI is InChI=1S/C13H17F3N2O2/c1-9(19)5-6-17-8-10-3-2-4-11(7-10)18-12(20)13(14,15)16/h2-4,7,9,17,19H,5-6,8H2,1H3,(H,18,20). The van der Waals surface area contributed by atoms with Gasteiger partial charge in [0.25, 0.3) is 0 Å². The SMILES string of the molecule is CC(O)CCNCc1cccc(NC(=O)C(F)(F)F)c1. The smallest absolute Gasteiger partial charge is 0.393 e. The summed E-state index contributed by atoms with van der Waals surface area (Å²) in [5.74, 6) is -1.99. The van der Waals surface area contributed by atoms with Crippen LogP contribution in [0.2, 0.25) is 0 Å². The van der Waals surface area contributed by atoms with E-state index in [2.05, 4.69) is 5.32 Å². The van der Waals surface area contributed by atoms with Gasteiger partial charge in [-0.25, -0.2) is 0 Å². The summed E-state index contributed by atoms with van der Waals surface area (Å²) in [4.78, 5) is 10.8. The Morgan fingerprint density at radius 2 is 2.10 bits per heavy atom. The van der Waals surface area contributed by atoms with Crippen molar-refractivity contribution in [2.45, 2.75) is 32.2 Å². The lowest BCUT2D eigenvalue weighted by atomic mass is 10.2. The highest BCUT2D eigenvalue weighted by atomic mass is 19.4. The maximum absolute atomic E-state index is 12.1. The number of carbonyl (C=O) groups is 1. The van der Waals surface area contributed by atoms with Crippen molar-refractivity contribution in [2.75, 3.05) is 11.9 Å². The first-order valence-corrected chi connectivity index (χ1v) is 6.15. The van der Waals surface area contributed by atoms with E-state index in [0.29, 0.717) is 19.5 Å². The quantitative estimate of drug-likeness (QED) is 0.703. The van der Waals surface area contributed by atoms with Crippen LogP contribution in [-0.2, 0) is 11.3 Å². The third kappa shape index (κ3) is 6.03. The van der Waals surface area contributed by atoms with Gasteiger partial charge < -0.3 is 15.7 Å². The van der Waals surface area contributed by atoms with Gasteiger partial charge in [-0.1, -0.05) is 12.1 Å². The third-order valence-electron chi connectivity index (χ3n) is 2.51. The molecule has 1 atom stereocenters. The van der Waals surface area contributed by atoms with Crippen molar-refractivity contribution in [3.8, 4) is 0 Å². The van der Waals surface area contributed by atoms with Crippen LogP contribution in [0, 0.1) is 0 Å². The highest BCUT2D eigenvalue weighted by Gasteiger charge is 2.38. The molecule has 0 fully saturated rings. The van der Waals surface area contributed by atoms with Crippen LogP contribution in [0.4, 0.5) is 18.9 Å². The van der Waals surface area contributed by atoms with Crippen molar-refractivity contribution >= 4 is 11.6 Å². The molecule has 0 aliphatic rings. The lowest BCUT2D eigenvalue weighted by molar-refractivity contribution is -0.167. The first-order chi connectivity index (χ1) is 9.29. The number of hydrogen-bond acceptors (Lipinski definition) is 3. The number of carbonyl (C=O) groups excluding carboxylic acids is 1. The van der Waals surface area contributed by atoms with Gasteiger partial charge in [0.1, 0.15) is 0 Å². The maximum atomic E-state index is 12.1. The Morgan fingerprint density at radius 3 is 2.70 bits per heavy atom. The second-order valence-electron chi connectivity index (χ2n) is 4.47. The molecule has 0 spiro atoms. The number of benzene rings is 1. The number of aliphatic hydroxyl groups is 1. The summed E-state index contributed by atoms with van der Waals surface area (Å²) in [5, 5.41) is 13.9. The van der Waals surface area contributed by atoms with E-state index in [0.717, 1.165) is 5.56 Å². The van der Waals surface area contributed by atoms with Gasteiger partial charge >= 0.3 is 12.1 Å². The van der Waals surface area contributed by atoms with Crippen LogP contribution in [0.15, 0.2) is 24.3 Å². The van der Waals surface area contributed by atoms with Crippen molar-refractivity contribution < 1.29 is 23.1 Å². The molecule has 1 amide bonds. The van der Waals surface area contributed by atoms with E-state index in [9.17, 15) is 18.0 Å². The van der Waals surface area contributed by atoms with Gasteiger partial charge in [0.05, 0.1) is 6.10 Å². The molecule has 0 bridgehead atoms. The molecule has 4 nitrogen and oxygen atoms in total. The number of amides is 1. The fourth-order valence-electron chi connectivity index (χ4n) is 1.50. The topological polar surface area (TPSA) is 61.4 Å². The Balaban J connectivity index is 2.51. The Morgan fingerprint density at radius 1 is 1.40 bits per heavy atom. The molecule has 0 aliphatic heterocycles. The highest BCUT2D eigenvalue weighted by Crippen LogP contribution is 2.18. The first-order valence-electron chi connectivity index (χ1n) is 6.15. The third-order valence-corrected chi connectivity index (χ3v) is 2.51. The van der Waals surface area contributed by atoms with E-state index < -0.39 is 18.2 Å². The summed E-state index contributed by atoms with van der Waals surface area (Å²) in [6.45, 7) is 2.72. The largest absolute Gasteiger partial charge is 0.471 e. The molecule has 1 aromatic rings. The number of anilines is 1. The Hall–Kier alpha value is -1.60. The van der Waals surface area contributed by atoms with Crippen molar-refractivity contribution in [2.24, 2.45) is 0 Å². The second-order valence-corrected chi connectivity index (χ2v) is 4.47. The number of hydrogen-bond donors (Lipinski definition) is 3. The van der Waals surface area contributed by atoms with E-state index in [1.165, 1.54) is 12.1 Å². The molecule has 7 heteroatoms. The van der Waals surface area contributed by atoms with Crippen molar-refractivity contribution in [1.29, 1.82) is 0 Å². The Bertz CT molecular complexity index is 447. The summed E-state index contributed by atoms with van der Waals surface area (Å²) >= 11 is 0. The monoisotopic (exact) mass is 290 g/mol. The lowest BCUT2D eigenvalue weighted by Gasteiger charge is -2.10. The van der Waals surface area contributed by atoms with Crippen LogP contribution in [0.3, 0.4) is 0 Å². The van der Waals surface area contributed by atoms with E-state index >= 15 is 0 Å². The number of halogens is 3. The van der Waals surface area contributed by atoms with Gasteiger partial charge in [-0.05, 0) is 37.6 Å². The Kier molecular flexibility index (Phi) is 5.97. The van der Waals surface area contributed by atoms with Gasteiger partial charge in [0.15, 0.2) is 0 Å². The summed E-state index contributed by atoms with van der Waals surface area (Å²) in [6.07, 6.45) is -4.71. The molecule has 0 aliphatic carbocycles. The van der Waals surface area contributed by atoms with Crippen molar-refractivity contribution in [3.05, 3.63) is 29.8 Å². The van der Waals surface area contributed by atoms with Crippen LogP contribution < -0.4 is 10.6 Å². The van der Waals surface area contributed by atoms with Gasteiger partial charge in [-0.3, -0.25) is 4.79 Å². The van der Waals surface area contributed by atoms with Gasteiger partial charge in [-0.2, -0.15) is 13.2 Å². The first kappa shape index (κ1) is 16.5. The molecule has 0 saturated heterocycles. The van der Waals surface area contributed by atoms with Gasteiger partial charge in [0.2, 0.25) is 0 Å². The fourth-order valence-corrected chi connectivity index (χ4v) is 1.50. The number of nitrogens with one attached hydrogen (secondary N) is 2.